The number of nitrogens with zero attached hydrogens (tertiary/aromatic N) is 5. The van der Waals surface area contributed by atoms with Crippen molar-refractivity contribution >= 4 is 11.7 Å². The molecule has 0 spiro atoms. The Morgan fingerprint density at radius 2 is 1.76 bits per heavy atom. The molecule has 2 aromatic heterocycles. The molecule has 1 unspecified atom stereocenters. The smallest absolute Gasteiger partial charge is 0.225 e. The predicted molar refractivity (Wildman–Crippen MR) is 133 cm³/mol. The van der Waals surface area contributed by atoms with Gasteiger partial charge >= 0.3 is 0 Å². The predicted octanol–water partition coefficient (Wildman–Crippen LogP) is 4.17. The molecule has 0 saturated carbocycles. The van der Waals surface area contributed by atoms with Gasteiger partial charge in [-0.1, -0.05) is 60.2 Å². The fourth-order valence-corrected chi connectivity index (χ4v) is 4.34. The summed E-state index contributed by atoms with van der Waals surface area (Å²) in [6.45, 7) is 4.13. The number of imidazole rings is 1. The fraction of sp³-hybridized carbons (Fsp3) is 0.259. The Labute approximate surface area is 199 Å². The summed E-state index contributed by atoms with van der Waals surface area (Å²) < 4.78 is 1.93. The van der Waals surface area contributed by atoms with Gasteiger partial charge in [0.2, 0.25) is 5.91 Å². The van der Waals surface area contributed by atoms with E-state index in [1.54, 1.807) is 6.20 Å². The van der Waals surface area contributed by atoms with Gasteiger partial charge in [-0.3, -0.25) is 9.36 Å². The number of hydrogen-bond acceptors (Lipinski definition) is 5. The van der Waals surface area contributed by atoms with E-state index >= 15 is 0 Å². The van der Waals surface area contributed by atoms with E-state index in [0.29, 0.717) is 18.9 Å². The first-order valence-electron chi connectivity index (χ1n) is 11.7. The number of benzene rings is 2. The third-order valence-corrected chi connectivity index (χ3v) is 6.26. The minimum atomic E-state index is -0.0565. The molecular formula is C27H28N6O. The zero-order valence-corrected chi connectivity index (χ0v) is 19.3. The number of carbonyl (C=O) groups excluding carboxylic acids is 1. The van der Waals surface area contributed by atoms with E-state index in [2.05, 4.69) is 56.6 Å². The zero-order valence-electron chi connectivity index (χ0n) is 19.3. The van der Waals surface area contributed by atoms with Gasteiger partial charge in [0.1, 0.15) is 5.82 Å². The van der Waals surface area contributed by atoms with Crippen molar-refractivity contribution in [2.45, 2.75) is 26.3 Å². The molecule has 1 amide bonds. The largest absolute Gasteiger partial charge is 0.354 e. The van der Waals surface area contributed by atoms with Crippen LogP contribution in [0.25, 0.3) is 17.2 Å². The van der Waals surface area contributed by atoms with Gasteiger partial charge in [-0.05, 0) is 37.5 Å². The van der Waals surface area contributed by atoms with Crippen molar-refractivity contribution in [2.24, 2.45) is 5.92 Å². The molecule has 1 aliphatic heterocycles. The highest BCUT2D eigenvalue weighted by molar-refractivity contribution is 5.79. The van der Waals surface area contributed by atoms with Crippen LogP contribution in [0.4, 0.5) is 5.82 Å². The molecule has 34 heavy (non-hydrogen) atoms. The fourth-order valence-electron chi connectivity index (χ4n) is 4.34. The van der Waals surface area contributed by atoms with E-state index in [0.717, 1.165) is 42.2 Å². The lowest BCUT2D eigenvalue weighted by atomic mass is 9.97. The maximum Gasteiger partial charge on any atom is 0.225 e. The van der Waals surface area contributed by atoms with E-state index in [1.165, 1.54) is 5.56 Å². The summed E-state index contributed by atoms with van der Waals surface area (Å²) in [4.78, 5) is 19.5. The van der Waals surface area contributed by atoms with Crippen LogP contribution in [0.15, 0.2) is 79.1 Å². The number of carbonyl (C=O) groups is 1. The maximum atomic E-state index is 12.8. The molecule has 5 rings (SSSR count). The molecule has 1 N–H and O–H groups in total. The number of aromatic nitrogens is 4. The highest BCUT2D eigenvalue weighted by Crippen LogP contribution is 2.24. The van der Waals surface area contributed by atoms with Gasteiger partial charge in [0.15, 0.2) is 11.6 Å². The summed E-state index contributed by atoms with van der Waals surface area (Å²) in [5.74, 6) is 2.37. The van der Waals surface area contributed by atoms with Crippen LogP contribution >= 0.6 is 0 Å². The van der Waals surface area contributed by atoms with Gasteiger partial charge in [0, 0.05) is 37.6 Å². The van der Waals surface area contributed by atoms with Crippen LogP contribution in [0.2, 0.25) is 0 Å². The lowest BCUT2D eigenvalue weighted by Gasteiger charge is -2.32. The molecule has 3 heterocycles. The van der Waals surface area contributed by atoms with Crippen LogP contribution in [-0.4, -0.2) is 38.7 Å². The van der Waals surface area contributed by atoms with Crippen LogP contribution in [-0.2, 0) is 11.3 Å². The molecule has 1 atom stereocenters. The molecule has 0 aliphatic carbocycles. The first-order chi connectivity index (χ1) is 16.7. The number of aryl methyl sites for hydroxylation is 1. The van der Waals surface area contributed by atoms with Crippen molar-refractivity contribution in [3.05, 3.63) is 90.3 Å². The molecule has 1 fully saturated rings. The van der Waals surface area contributed by atoms with E-state index in [9.17, 15) is 4.79 Å². The molecule has 2 aromatic carbocycles. The van der Waals surface area contributed by atoms with E-state index in [4.69, 9.17) is 0 Å². The average Bonchev–Trinajstić information content (AvgIpc) is 3.39. The Morgan fingerprint density at radius 1 is 1.00 bits per heavy atom. The van der Waals surface area contributed by atoms with Crippen LogP contribution in [0, 0.1) is 12.8 Å². The number of piperidine rings is 1. The van der Waals surface area contributed by atoms with Crippen LogP contribution in [0.3, 0.4) is 0 Å². The van der Waals surface area contributed by atoms with Crippen molar-refractivity contribution in [3.8, 4) is 17.2 Å². The minimum absolute atomic E-state index is 0.0565. The molecule has 4 aromatic rings. The first-order valence-corrected chi connectivity index (χ1v) is 11.7. The lowest BCUT2D eigenvalue weighted by Crippen LogP contribution is -2.43. The Morgan fingerprint density at radius 3 is 2.53 bits per heavy atom. The van der Waals surface area contributed by atoms with E-state index < -0.39 is 0 Å². The molecule has 1 aliphatic rings. The van der Waals surface area contributed by atoms with Crippen LogP contribution in [0.5, 0.6) is 0 Å². The minimum Gasteiger partial charge on any atom is -0.354 e. The molecular weight excluding hydrogens is 424 g/mol. The highest BCUT2D eigenvalue weighted by Gasteiger charge is 2.26. The van der Waals surface area contributed by atoms with Gasteiger partial charge in [0.25, 0.3) is 0 Å². The van der Waals surface area contributed by atoms with Crippen molar-refractivity contribution < 1.29 is 4.79 Å². The van der Waals surface area contributed by atoms with Crippen LogP contribution in [0.1, 0.15) is 24.0 Å². The number of amides is 1. The summed E-state index contributed by atoms with van der Waals surface area (Å²) in [6, 6.07) is 22.2. The van der Waals surface area contributed by atoms with E-state index in [-0.39, 0.29) is 11.8 Å². The molecule has 7 heteroatoms. The number of hydrogen-bond donors (Lipinski definition) is 1. The van der Waals surface area contributed by atoms with Gasteiger partial charge in [-0.2, -0.15) is 0 Å². The monoisotopic (exact) mass is 452 g/mol. The second-order valence-corrected chi connectivity index (χ2v) is 8.73. The Hall–Kier alpha value is -4.00. The van der Waals surface area contributed by atoms with E-state index in [1.807, 2.05) is 53.2 Å². The second kappa shape index (κ2) is 9.87. The van der Waals surface area contributed by atoms with Crippen LogP contribution < -0.4 is 10.2 Å². The quantitative estimate of drug-likeness (QED) is 0.475. The Balaban J connectivity index is 1.24. The van der Waals surface area contributed by atoms with Crippen molar-refractivity contribution in [1.82, 2.24) is 25.1 Å². The summed E-state index contributed by atoms with van der Waals surface area (Å²) in [5.41, 5.74) is 3.35. The molecule has 1 saturated heterocycles. The van der Waals surface area contributed by atoms with Gasteiger partial charge in [-0.15, -0.1) is 10.2 Å². The SMILES string of the molecule is Cc1ccc(CNC(=O)C2CCCN(c3ccc(-n4ccnc4-c4ccccc4)nn3)C2)cc1. The number of rotatable bonds is 6. The Bertz CT molecular complexity index is 1230. The van der Waals surface area contributed by atoms with Crippen molar-refractivity contribution in [1.29, 1.82) is 0 Å². The zero-order chi connectivity index (χ0) is 23.3. The molecule has 0 radical (unpaired) electrons. The summed E-state index contributed by atoms with van der Waals surface area (Å²) in [5, 5.41) is 12.0. The van der Waals surface area contributed by atoms with Gasteiger partial charge < -0.3 is 10.2 Å². The first kappa shape index (κ1) is 21.8. The molecule has 0 bridgehead atoms. The second-order valence-electron chi connectivity index (χ2n) is 8.73. The van der Waals surface area contributed by atoms with Gasteiger partial charge in [0.05, 0.1) is 5.92 Å². The number of anilines is 1. The Kier molecular flexibility index (Phi) is 6.33. The molecule has 7 nitrogen and oxygen atoms in total. The standard InChI is InChI=1S/C27H28N6O/c1-20-9-11-21(12-10-20)18-29-27(34)23-8-5-16-32(19-23)24-13-14-25(31-30-24)33-17-15-28-26(33)22-6-3-2-4-7-22/h2-4,6-7,9-15,17,23H,5,8,16,18-19H2,1H3,(H,29,34). The summed E-state index contributed by atoms with van der Waals surface area (Å²) in [6.07, 6.45) is 5.49. The highest BCUT2D eigenvalue weighted by atomic mass is 16.1. The summed E-state index contributed by atoms with van der Waals surface area (Å²) >= 11 is 0. The third kappa shape index (κ3) is 4.83. The third-order valence-electron chi connectivity index (χ3n) is 6.26. The van der Waals surface area contributed by atoms with Gasteiger partial charge in [-0.25, -0.2) is 4.98 Å². The maximum absolute atomic E-state index is 12.8. The lowest BCUT2D eigenvalue weighted by molar-refractivity contribution is -0.125. The molecule has 172 valence electrons. The van der Waals surface area contributed by atoms with Crippen molar-refractivity contribution in [3.63, 3.8) is 0 Å². The van der Waals surface area contributed by atoms with Crippen molar-refractivity contribution in [2.75, 3.05) is 18.0 Å². The number of nitrogens with one attached hydrogen (secondary N) is 1. The normalized spacial score (nSPS) is 15.8. The average molecular weight is 453 g/mol. The topological polar surface area (TPSA) is 75.9 Å². The summed E-state index contributed by atoms with van der Waals surface area (Å²) in [7, 11) is 0.